The molecule has 0 spiro atoms. The van der Waals surface area contributed by atoms with Crippen molar-refractivity contribution in [1.29, 1.82) is 0 Å². The zero-order valence-corrected chi connectivity index (χ0v) is 13.1. The van der Waals surface area contributed by atoms with Crippen molar-refractivity contribution in [3.8, 4) is 0 Å². The van der Waals surface area contributed by atoms with E-state index in [1.807, 2.05) is 0 Å². The van der Waals surface area contributed by atoms with Crippen LogP contribution in [-0.4, -0.2) is 27.1 Å². The molecule has 0 unspecified atom stereocenters. The topological polar surface area (TPSA) is 75.3 Å². The van der Waals surface area contributed by atoms with Gasteiger partial charge in [0.2, 0.25) is 10.0 Å². The van der Waals surface area contributed by atoms with Crippen LogP contribution in [0.2, 0.25) is 5.02 Å². The van der Waals surface area contributed by atoms with E-state index in [4.69, 9.17) is 11.6 Å². The zero-order chi connectivity index (χ0) is 15.2. The third kappa shape index (κ3) is 5.79. The summed E-state index contributed by atoms with van der Waals surface area (Å²) in [4.78, 5) is 12.0. The van der Waals surface area contributed by atoms with Gasteiger partial charge < -0.3 is 5.32 Å². The highest BCUT2D eigenvalue weighted by atomic mass is 35.5. The number of carbonyl (C=O) groups is 1. The summed E-state index contributed by atoms with van der Waals surface area (Å²) in [5, 5.41) is 3.05. The van der Waals surface area contributed by atoms with Gasteiger partial charge in [-0.1, -0.05) is 31.4 Å². The van der Waals surface area contributed by atoms with E-state index in [2.05, 4.69) is 17.0 Å². The molecule has 1 amide bonds. The van der Waals surface area contributed by atoms with Crippen LogP contribution in [0.4, 0.5) is 5.69 Å². The predicted molar refractivity (Wildman–Crippen MR) is 81.8 cm³/mol. The Hall–Kier alpha value is -1.27. The first-order chi connectivity index (χ1) is 9.33. The number of anilines is 1. The Bertz CT molecular complexity index is 573. The molecule has 0 aliphatic heterocycles. The van der Waals surface area contributed by atoms with E-state index in [0.29, 0.717) is 12.2 Å². The van der Waals surface area contributed by atoms with Crippen LogP contribution in [0.5, 0.6) is 0 Å². The molecule has 0 fully saturated rings. The van der Waals surface area contributed by atoms with Gasteiger partial charge in [0, 0.05) is 12.2 Å². The van der Waals surface area contributed by atoms with Gasteiger partial charge in [-0.25, -0.2) is 8.42 Å². The molecule has 1 aromatic rings. The SMILES string of the molecule is CCCCCNC(=O)c1cc(NS(C)(=O)=O)ccc1Cl. The Morgan fingerprint density at radius 3 is 2.60 bits per heavy atom. The Morgan fingerprint density at radius 2 is 2.00 bits per heavy atom. The molecule has 0 bridgehead atoms. The highest BCUT2D eigenvalue weighted by Gasteiger charge is 2.12. The number of carbonyl (C=O) groups excluding carboxylic acids is 1. The smallest absolute Gasteiger partial charge is 0.252 e. The van der Waals surface area contributed by atoms with Crippen molar-refractivity contribution in [2.75, 3.05) is 17.5 Å². The van der Waals surface area contributed by atoms with E-state index in [1.165, 1.54) is 18.2 Å². The average Bonchev–Trinajstić information content (AvgIpc) is 2.35. The van der Waals surface area contributed by atoms with Crippen LogP contribution in [0.1, 0.15) is 36.5 Å². The minimum atomic E-state index is -3.38. The van der Waals surface area contributed by atoms with Crippen LogP contribution in [0, 0.1) is 0 Å². The molecule has 2 N–H and O–H groups in total. The van der Waals surface area contributed by atoms with Gasteiger partial charge in [0.05, 0.1) is 16.8 Å². The van der Waals surface area contributed by atoms with E-state index < -0.39 is 10.0 Å². The van der Waals surface area contributed by atoms with Crippen molar-refractivity contribution in [2.45, 2.75) is 26.2 Å². The second-order valence-corrected chi connectivity index (χ2v) is 6.69. The van der Waals surface area contributed by atoms with Gasteiger partial charge in [0.25, 0.3) is 5.91 Å². The summed E-state index contributed by atoms with van der Waals surface area (Å²) >= 11 is 5.96. The van der Waals surface area contributed by atoms with Gasteiger partial charge >= 0.3 is 0 Å². The highest BCUT2D eigenvalue weighted by molar-refractivity contribution is 7.92. The van der Waals surface area contributed by atoms with Gasteiger partial charge in [-0.2, -0.15) is 0 Å². The molecule has 0 aromatic heterocycles. The normalized spacial score (nSPS) is 11.2. The van der Waals surface area contributed by atoms with Crippen LogP contribution in [0.3, 0.4) is 0 Å². The van der Waals surface area contributed by atoms with Crippen molar-refractivity contribution >= 4 is 33.2 Å². The average molecular weight is 319 g/mol. The first kappa shape index (κ1) is 16.8. The van der Waals surface area contributed by atoms with E-state index in [1.54, 1.807) is 0 Å². The Kier molecular flexibility index (Phi) is 6.29. The molecule has 0 aliphatic rings. The predicted octanol–water partition coefficient (Wildman–Crippen LogP) is 2.63. The van der Waals surface area contributed by atoms with E-state index in [9.17, 15) is 13.2 Å². The van der Waals surface area contributed by atoms with E-state index >= 15 is 0 Å². The number of nitrogens with one attached hydrogen (secondary N) is 2. The number of hydrogen-bond donors (Lipinski definition) is 2. The third-order valence-corrected chi connectivity index (χ3v) is 3.52. The number of halogens is 1. The first-order valence-corrected chi connectivity index (χ1v) is 8.66. The number of rotatable bonds is 7. The van der Waals surface area contributed by atoms with E-state index in [0.717, 1.165) is 25.5 Å². The quantitative estimate of drug-likeness (QED) is 0.759. The maximum atomic E-state index is 12.0. The molecule has 1 aromatic carbocycles. The number of benzene rings is 1. The lowest BCUT2D eigenvalue weighted by Crippen LogP contribution is -2.25. The molecule has 0 heterocycles. The molecule has 1 rings (SSSR count). The van der Waals surface area contributed by atoms with Gasteiger partial charge in [0.1, 0.15) is 0 Å². The lowest BCUT2D eigenvalue weighted by Gasteiger charge is -2.09. The van der Waals surface area contributed by atoms with Gasteiger partial charge in [0.15, 0.2) is 0 Å². The molecule has 0 saturated carbocycles. The molecule has 20 heavy (non-hydrogen) atoms. The Morgan fingerprint density at radius 1 is 1.30 bits per heavy atom. The number of unbranched alkanes of at least 4 members (excludes halogenated alkanes) is 2. The molecule has 7 heteroatoms. The van der Waals surface area contributed by atoms with Crippen molar-refractivity contribution in [1.82, 2.24) is 5.32 Å². The largest absolute Gasteiger partial charge is 0.352 e. The van der Waals surface area contributed by atoms with Gasteiger partial charge in [-0.05, 0) is 24.6 Å². The third-order valence-electron chi connectivity index (χ3n) is 2.58. The second-order valence-electron chi connectivity index (χ2n) is 4.53. The fourth-order valence-corrected chi connectivity index (χ4v) is 2.41. The molecule has 0 saturated heterocycles. The molecular formula is C13H19ClN2O3S. The molecule has 0 radical (unpaired) electrons. The van der Waals surface area contributed by atoms with E-state index in [-0.39, 0.29) is 16.5 Å². The van der Waals surface area contributed by atoms with Gasteiger partial charge in [-0.3, -0.25) is 9.52 Å². The summed E-state index contributed by atoms with van der Waals surface area (Å²) in [6, 6.07) is 4.44. The monoisotopic (exact) mass is 318 g/mol. The highest BCUT2D eigenvalue weighted by Crippen LogP contribution is 2.21. The van der Waals surface area contributed by atoms with Gasteiger partial charge in [-0.15, -0.1) is 0 Å². The first-order valence-electron chi connectivity index (χ1n) is 6.39. The van der Waals surface area contributed by atoms with Crippen LogP contribution in [-0.2, 0) is 10.0 Å². The lowest BCUT2D eigenvalue weighted by atomic mass is 10.2. The van der Waals surface area contributed by atoms with Crippen molar-refractivity contribution < 1.29 is 13.2 Å². The second kappa shape index (κ2) is 7.50. The van der Waals surface area contributed by atoms with Crippen molar-refractivity contribution in [2.24, 2.45) is 0 Å². The Labute approximate surface area is 124 Å². The summed E-state index contributed by atoms with van der Waals surface area (Å²) in [5.41, 5.74) is 0.576. The summed E-state index contributed by atoms with van der Waals surface area (Å²) in [6.45, 7) is 2.66. The van der Waals surface area contributed by atoms with Crippen molar-refractivity contribution in [3.63, 3.8) is 0 Å². The van der Waals surface area contributed by atoms with Crippen LogP contribution >= 0.6 is 11.6 Å². The molecule has 5 nitrogen and oxygen atoms in total. The summed E-state index contributed by atoms with van der Waals surface area (Å²) in [7, 11) is -3.38. The zero-order valence-electron chi connectivity index (χ0n) is 11.6. The maximum Gasteiger partial charge on any atom is 0.252 e. The lowest BCUT2D eigenvalue weighted by molar-refractivity contribution is 0.0953. The minimum absolute atomic E-state index is 0.261. The van der Waals surface area contributed by atoms with Crippen LogP contribution in [0.25, 0.3) is 0 Å². The van der Waals surface area contributed by atoms with Crippen LogP contribution < -0.4 is 10.0 Å². The molecule has 0 aliphatic carbocycles. The van der Waals surface area contributed by atoms with Crippen LogP contribution in [0.15, 0.2) is 18.2 Å². The fourth-order valence-electron chi connectivity index (χ4n) is 1.65. The fraction of sp³-hybridized carbons (Fsp3) is 0.462. The molecule has 112 valence electrons. The summed E-state index contributed by atoms with van der Waals surface area (Å²) in [6.07, 6.45) is 4.07. The molecule has 0 atom stereocenters. The van der Waals surface area contributed by atoms with Crippen molar-refractivity contribution in [3.05, 3.63) is 28.8 Å². The summed E-state index contributed by atoms with van der Waals surface area (Å²) < 4.78 is 24.6. The standard InChI is InChI=1S/C13H19ClN2O3S/c1-3-4-5-8-15-13(17)11-9-10(6-7-12(11)14)16-20(2,18)19/h6-7,9,16H,3-5,8H2,1-2H3,(H,15,17). The number of hydrogen-bond acceptors (Lipinski definition) is 3. The summed E-state index contributed by atoms with van der Waals surface area (Å²) in [5.74, 6) is -0.303. The molecular weight excluding hydrogens is 300 g/mol. The maximum absolute atomic E-state index is 12.0. The number of amides is 1. The minimum Gasteiger partial charge on any atom is -0.352 e. The number of sulfonamides is 1. The Balaban J connectivity index is 2.78.